The number of nitrogens with one attached hydrogen (secondary N) is 8. The molecule has 142 heavy (non-hydrogen) atoms. The van der Waals surface area contributed by atoms with Gasteiger partial charge in [-0.25, -0.2) is 48.1 Å². The largest absolute Gasteiger partial charge is 1.00 e. The van der Waals surface area contributed by atoms with Crippen LogP contribution >= 0.6 is 0 Å². The second kappa shape index (κ2) is 52.0. The van der Waals surface area contributed by atoms with Crippen molar-refractivity contribution < 1.29 is 218 Å². The second-order valence-corrected chi connectivity index (χ2v) is 42.9. The van der Waals surface area contributed by atoms with Crippen molar-refractivity contribution in [1.29, 1.82) is 0 Å². The molecule has 752 valence electrons. The van der Waals surface area contributed by atoms with Gasteiger partial charge in [0.15, 0.2) is 11.5 Å². The van der Waals surface area contributed by atoms with Gasteiger partial charge in [0, 0.05) is 113 Å². The van der Waals surface area contributed by atoms with Crippen molar-refractivity contribution in [3.05, 3.63) is 178 Å². The number of ketones is 1. The average molecular weight is 2070 g/mol. The van der Waals surface area contributed by atoms with Gasteiger partial charge in [-0.1, -0.05) is 96.4 Å². The number of fused-ring (bicyclic) bond motifs is 3. The van der Waals surface area contributed by atoms with Crippen LogP contribution in [0.1, 0.15) is 214 Å². The molecule has 3 aliphatic heterocycles. The number of nitrogens with zero attached hydrogens (tertiary/aromatic N) is 4. The van der Waals surface area contributed by atoms with Crippen LogP contribution in [-0.4, -0.2) is 236 Å². The Labute approximate surface area is 892 Å². The molecule has 0 aromatic heterocycles. The molecule has 0 unspecified atom stereocenters. The number of urea groups is 2. The number of rotatable bonds is 45. The molecule has 5 aliphatic rings. The fourth-order valence-electron chi connectivity index (χ4n) is 17.9. The molecule has 40 nitrogen and oxygen atoms in total. The Morgan fingerprint density at radius 3 is 1.77 bits per heavy atom. The number of nitrogens with two attached hydrogens (primary N) is 1. The Morgan fingerprint density at radius 1 is 0.563 bits per heavy atom. The molecule has 5 aromatic carbocycles. The van der Waals surface area contributed by atoms with E-state index in [1.54, 1.807) is 78.8 Å². The molecule has 1 fully saturated rings. The molecule has 1 saturated carbocycles. The van der Waals surface area contributed by atoms with E-state index in [4.69, 9.17) is 5.73 Å². The Balaban J connectivity index is 0.00000913. The predicted octanol–water partition coefficient (Wildman–Crippen LogP) is -1.35. The summed E-state index contributed by atoms with van der Waals surface area (Å²) < 4.78 is 147. The summed E-state index contributed by atoms with van der Waals surface area (Å²) in [5.74, 6) is -12.1. The molecule has 0 spiro atoms. The number of Topliss-reactive ketones (excluding diaryl/α,β-unsaturated/α-hetero) is 1. The van der Waals surface area contributed by atoms with Crippen molar-refractivity contribution in [2.75, 3.05) is 70.8 Å². The first kappa shape index (κ1) is 119. The number of hydrogen-bond donors (Lipinski definition) is 12. The Morgan fingerprint density at radius 2 is 1.15 bits per heavy atom. The summed E-state index contributed by atoms with van der Waals surface area (Å²) in [6.07, 6.45) is 10.2. The van der Waals surface area contributed by atoms with Crippen molar-refractivity contribution in [3.63, 3.8) is 0 Å². The van der Waals surface area contributed by atoms with Gasteiger partial charge >= 0.3 is 119 Å². The molecule has 2 aliphatic carbocycles. The zero-order valence-corrected chi connectivity index (χ0v) is 90.4. The molecule has 47 heteroatoms. The summed E-state index contributed by atoms with van der Waals surface area (Å²) in [7, 11) is -19.1. The number of para-hydroxylation sites is 2. The summed E-state index contributed by atoms with van der Waals surface area (Å²) in [5.41, 5.74) is 9.19. The topological polar surface area (TPSA) is 629 Å². The number of unbranched alkanes of at least 4 members (excludes halogenated alkanes) is 3. The number of allylic oxidation sites excluding steroid dienone is 8. The van der Waals surface area contributed by atoms with E-state index < -0.39 is 199 Å². The standard InChI is InChI=1S/C95H121N13O27S4.3Na/c1-93(2,3)80(109)57-108-77-34-12-11-33-76(77)107(64-29-9-8-10-30-64)56-73(89(108)119)104-92(123)99-63-28-21-27-62(52-63)85(115)100-70(39-44-81(110)111)87(117)101-69(32-22-46-98-91(96)122)86(116)103-72(55-82(112)113)88(118)102-71(90(120)121)31-13-14-45-97-84(114)61-26-20-25-60(51-61)83-58(35-42-78-94(4,5)67-53-65(138(130,131)132)37-40-74(67)105(78)47-15-17-49-136(124,125)126)23-19-24-59(83)36-43-79-95(6,7)68-54-66(139(133,134)135)38-41-75(68)106(79)48-16-18-50-137(127,128)129;;;/h11-12,20-21,25-28,33-38,40-43,51-54,64,69-73H,8-10,13-19,22-24,29-32,39,44-50,55-57H2,1-7H3,(H16-,96,97,98,99,100,101,102,103,104,110,111,112,113,114,115,116,117,118,120,121,122,123,124,125,126,127,128,129,130,131,132,133,134,135);;;/q;3*+1/p-3/t69-,70+,71-,72+,73+;;;/m0.../s1. The minimum absolute atomic E-state index is 0. The normalized spacial score (nSPS) is 17.3. The number of carbonyl (C=O) groups excluding carboxylic acids is 9. The van der Waals surface area contributed by atoms with E-state index in [0.29, 0.717) is 81.1 Å². The molecule has 10 amide bonds. The average Bonchev–Trinajstić information content (AvgIpc) is 1.58. The van der Waals surface area contributed by atoms with Gasteiger partial charge < -0.3 is 96.5 Å². The van der Waals surface area contributed by atoms with E-state index in [0.717, 1.165) is 37.8 Å². The van der Waals surface area contributed by atoms with E-state index in [2.05, 4.69) is 47.4 Å². The first-order valence-electron chi connectivity index (χ1n) is 45.7. The van der Waals surface area contributed by atoms with E-state index in [1.807, 2.05) is 45.9 Å². The molecule has 5 atom stereocenters. The third-order valence-corrected chi connectivity index (χ3v) is 28.4. The summed E-state index contributed by atoms with van der Waals surface area (Å²) in [5, 5.41) is 50.3. The molecule has 0 saturated heterocycles. The zero-order chi connectivity index (χ0) is 102. The minimum atomic E-state index is -4.96. The number of carboxylic acid groups (broad SMARTS) is 3. The number of carbonyl (C=O) groups is 12. The number of hydrogen-bond acceptors (Lipinski definition) is 26. The van der Waals surface area contributed by atoms with Crippen LogP contribution in [0.25, 0.3) is 5.57 Å². The van der Waals surface area contributed by atoms with E-state index >= 15 is 0 Å². The van der Waals surface area contributed by atoms with Gasteiger partial charge in [0.1, 0.15) is 57.0 Å². The summed E-state index contributed by atoms with van der Waals surface area (Å²) >= 11 is 0. The van der Waals surface area contributed by atoms with Gasteiger partial charge in [0.25, 0.3) is 17.7 Å². The molecular formula is C95H118N13Na3O27S4. The molecular weight excluding hydrogens is 1950 g/mol. The van der Waals surface area contributed by atoms with E-state index in [9.17, 15) is 125 Å². The number of anilines is 4. The van der Waals surface area contributed by atoms with E-state index in [-0.39, 0.29) is 208 Å². The van der Waals surface area contributed by atoms with Crippen LogP contribution in [0.5, 0.6) is 0 Å². The van der Waals surface area contributed by atoms with Crippen LogP contribution in [-0.2, 0) is 89.7 Å². The third-order valence-electron chi connectivity index (χ3n) is 25.2. The fraction of sp³-hybridized carbons (Fsp3) is 0.463. The van der Waals surface area contributed by atoms with Gasteiger partial charge in [0.2, 0.25) is 23.4 Å². The number of benzene rings is 5. The Kier molecular flexibility index (Phi) is 43.7. The molecule has 5 aromatic rings. The second-order valence-electron chi connectivity index (χ2n) is 37.1. The summed E-state index contributed by atoms with van der Waals surface area (Å²) in [6.45, 7) is 12.2. The zero-order valence-electron chi connectivity index (χ0n) is 81.1. The molecule has 13 N–H and O–H groups in total. The van der Waals surface area contributed by atoms with E-state index in [1.165, 1.54) is 71.6 Å². The summed E-state index contributed by atoms with van der Waals surface area (Å²) in [6, 6.07) is 16.6. The Hall–Kier alpha value is -9.59. The third kappa shape index (κ3) is 33.0. The van der Waals surface area contributed by atoms with Gasteiger partial charge in [-0.15, -0.1) is 0 Å². The maximum Gasteiger partial charge on any atom is 1.00 e. The first-order chi connectivity index (χ1) is 65.2. The first-order valence-corrected chi connectivity index (χ1v) is 51.7. The van der Waals surface area contributed by atoms with Crippen LogP contribution in [0.4, 0.5) is 38.0 Å². The quantitative estimate of drug-likeness (QED) is 0.00928. The van der Waals surface area contributed by atoms with Gasteiger partial charge in [-0.2, -0.15) is 4.58 Å². The monoisotopic (exact) mass is 2070 g/mol. The van der Waals surface area contributed by atoms with Crippen molar-refractivity contribution in [2.24, 2.45) is 11.1 Å². The number of carboxylic acids is 3. The Bertz CT molecular complexity index is 6240. The number of amides is 10. The maximum absolute atomic E-state index is 14.7. The fourth-order valence-corrected chi connectivity index (χ4v) is 20.0. The SMILES string of the molecule is CC(C)(C)C(=O)CN1C(=O)[C@H](NC(=O)Nc2cccc(C(=O)N[C@H](CCC(=O)O)C(=O)N[C@@H](CCCNC(N)=O)C(=O)N[C@H](CC(=O)O)C(=O)N[C@@H](CCCCNC(=O)c3cccc(C4=C(/C=C/C5=[N+](CCCCS(=O)(=O)[O-])c6ccc(S(=O)(=O)[O-])cc6C5(C)C)CCC/C4=C\C=C4\N(CCCCS(=O)(=O)[O-])c5ccc(S(=O)(=O)[O-])cc5C4(C)C)c3)C(=O)O)c2)CN(C2CCCCC2)c2ccccc21.[Na+].[Na+].[Na+]. The van der Waals surface area contributed by atoms with Crippen molar-refractivity contribution >= 4 is 151 Å². The molecule has 0 bridgehead atoms. The van der Waals surface area contributed by atoms with Crippen LogP contribution in [0.15, 0.2) is 160 Å². The maximum atomic E-state index is 14.7. The van der Waals surface area contributed by atoms with Crippen LogP contribution in [0.2, 0.25) is 0 Å². The molecule has 10 rings (SSSR count). The molecule has 0 radical (unpaired) electrons. The van der Waals surface area contributed by atoms with Crippen LogP contribution in [0.3, 0.4) is 0 Å². The predicted molar refractivity (Wildman–Crippen MR) is 509 cm³/mol. The smallest absolute Gasteiger partial charge is 0.748 e. The van der Waals surface area contributed by atoms with Gasteiger partial charge in [-0.05, 0) is 210 Å². The number of aliphatic carboxylic acids is 3. The van der Waals surface area contributed by atoms with Crippen LogP contribution < -0.4 is 152 Å². The van der Waals surface area contributed by atoms with Crippen molar-refractivity contribution in [2.45, 2.75) is 234 Å². The van der Waals surface area contributed by atoms with Crippen molar-refractivity contribution in [1.82, 2.24) is 37.2 Å². The van der Waals surface area contributed by atoms with Gasteiger partial charge in [-0.3, -0.25) is 43.2 Å². The van der Waals surface area contributed by atoms with Gasteiger partial charge in [0.05, 0.1) is 59.8 Å². The molecule has 3 heterocycles. The summed E-state index contributed by atoms with van der Waals surface area (Å²) in [4.78, 5) is 168. The number of primary amides is 1. The van der Waals surface area contributed by atoms with Crippen molar-refractivity contribution in [3.8, 4) is 0 Å². The van der Waals surface area contributed by atoms with Crippen LogP contribution in [0, 0.1) is 5.41 Å². The minimum Gasteiger partial charge on any atom is -0.748 e.